The van der Waals surface area contributed by atoms with Crippen LogP contribution in [-0.2, 0) is 4.74 Å². The molecular formula is C37H43F2LiN6O7. The molecule has 0 unspecified atom stereocenters. The molecule has 6 rings (SSSR count). The van der Waals surface area contributed by atoms with Crippen LogP contribution in [0.15, 0.2) is 48.8 Å². The van der Waals surface area contributed by atoms with Gasteiger partial charge in [0.25, 0.3) is 0 Å². The average molecular weight is 729 g/mol. The molecule has 2 fully saturated rings. The van der Waals surface area contributed by atoms with Crippen LogP contribution in [0.3, 0.4) is 0 Å². The number of ether oxygens (including phenoxy) is 1. The number of nitrogens with zero attached hydrogens (tertiary/aromatic N) is 4. The number of anilines is 2. The molecule has 2 aromatic heterocycles. The fourth-order valence-electron chi connectivity index (χ4n) is 6.70. The number of hydrogen-bond donors (Lipinski definition) is 5. The maximum atomic E-state index is 14.2. The second-order valence-corrected chi connectivity index (χ2v) is 13.0. The summed E-state index contributed by atoms with van der Waals surface area (Å²) in [4.78, 5) is 40.1. The molecule has 2 aliphatic carbocycles. The number of halogens is 2. The predicted molar refractivity (Wildman–Crippen MR) is 187 cm³/mol. The van der Waals surface area contributed by atoms with E-state index in [-0.39, 0.29) is 66.6 Å². The molecule has 2 aliphatic rings. The van der Waals surface area contributed by atoms with E-state index in [1.165, 1.54) is 31.4 Å². The second-order valence-electron chi connectivity index (χ2n) is 13.0. The van der Waals surface area contributed by atoms with E-state index in [2.05, 4.69) is 24.7 Å². The summed E-state index contributed by atoms with van der Waals surface area (Å²) in [5.41, 5.74) is 14.6. The van der Waals surface area contributed by atoms with Crippen LogP contribution in [-0.4, -0.2) is 73.0 Å². The zero-order valence-electron chi connectivity index (χ0n) is 29.7. The molecule has 0 spiro atoms. The molecular weight excluding hydrogens is 685 g/mol. The van der Waals surface area contributed by atoms with Crippen molar-refractivity contribution in [2.75, 3.05) is 31.8 Å². The Bertz CT molecular complexity index is 1870. The third-order valence-electron chi connectivity index (χ3n) is 9.81. The summed E-state index contributed by atoms with van der Waals surface area (Å²) in [7, 11) is 1.20. The quantitative estimate of drug-likeness (QED) is 0.130. The van der Waals surface area contributed by atoms with Crippen molar-refractivity contribution in [3.05, 3.63) is 82.9 Å². The van der Waals surface area contributed by atoms with Crippen LogP contribution in [0, 0.1) is 23.5 Å². The molecule has 16 heteroatoms. The van der Waals surface area contributed by atoms with Gasteiger partial charge in [-0.1, -0.05) is 12.1 Å². The van der Waals surface area contributed by atoms with E-state index in [1.54, 1.807) is 18.5 Å². The first-order valence-electron chi connectivity index (χ1n) is 16.9. The maximum Gasteiger partial charge on any atom is 1.00 e. The number of nitrogen functional groups attached to an aromatic ring is 2. The number of aromatic carboxylic acids is 1. The number of esters is 1. The molecule has 0 bridgehead atoms. The van der Waals surface area contributed by atoms with Gasteiger partial charge in [-0.15, -0.1) is 0 Å². The van der Waals surface area contributed by atoms with Crippen molar-refractivity contribution in [2.45, 2.75) is 63.2 Å². The molecule has 278 valence electrons. The van der Waals surface area contributed by atoms with Crippen molar-refractivity contribution in [1.82, 2.24) is 19.9 Å². The third-order valence-corrected chi connectivity index (χ3v) is 9.81. The molecule has 2 aromatic carbocycles. The van der Waals surface area contributed by atoms with Crippen LogP contribution in [0.5, 0.6) is 0 Å². The van der Waals surface area contributed by atoms with Gasteiger partial charge in [0.2, 0.25) is 0 Å². The van der Waals surface area contributed by atoms with Crippen molar-refractivity contribution >= 4 is 23.6 Å². The van der Waals surface area contributed by atoms with Gasteiger partial charge in [-0.05, 0) is 87.5 Å². The Balaban J connectivity index is 0.000000275. The normalized spacial score (nSPS) is 19.4. The summed E-state index contributed by atoms with van der Waals surface area (Å²) in [6, 6.07) is 7.97. The Labute approximate surface area is 317 Å². The monoisotopic (exact) mass is 728 g/mol. The van der Waals surface area contributed by atoms with Gasteiger partial charge in [0, 0.05) is 36.2 Å². The molecule has 53 heavy (non-hydrogen) atoms. The summed E-state index contributed by atoms with van der Waals surface area (Å²) < 4.78 is 32.7. The summed E-state index contributed by atoms with van der Waals surface area (Å²) in [5, 5.41) is 27.4. The fourth-order valence-corrected chi connectivity index (χ4v) is 6.70. The molecule has 8 N–H and O–H groups in total. The molecule has 0 aliphatic heterocycles. The topological polar surface area (TPSA) is 238 Å². The number of nitrogens with two attached hydrogens (primary N) is 2. The number of carboxylic acids is 1. The van der Waals surface area contributed by atoms with Crippen LogP contribution < -0.4 is 30.3 Å². The summed E-state index contributed by atoms with van der Waals surface area (Å²) >= 11 is 0. The molecule has 2 saturated carbocycles. The first kappa shape index (κ1) is 42.9. The van der Waals surface area contributed by atoms with E-state index in [1.807, 2.05) is 0 Å². The number of benzene rings is 2. The molecule has 13 nitrogen and oxygen atoms in total. The molecule has 0 atom stereocenters. The van der Waals surface area contributed by atoms with Gasteiger partial charge in [-0.3, -0.25) is 0 Å². The van der Waals surface area contributed by atoms with Crippen LogP contribution in [0.25, 0.3) is 22.5 Å². The van der Waals surface area contributed by atoms with Gasteiger partial charge in [0.15, 0.2) is 0 Å². The van der Waals surface area contributed by atoms with Crippen LogP contribution in [0.2, 0.25) is 0 Å². The Morgan fingerprint density at radius 1 is 0.736 bits per heavy atom. The maximum absolute atomic E-state index is 14.2. The minimum Gasteiger partial charge on any atom is -0.870 e. The van der Waals surface area contributed by atoms with Crippen molar-refractivity contribution in [3.8, 4) is 22.5 Å². The van der Waals surface area contributed by atoms with Gasteiger partial charge in [-0.25, -0.2) is 38.3 Å². The van der Waals surface area contributed by atoms with E-state index < -0.39 is 29.1 Å². The Hall–Kier alpha value is -4.52. The van der Waals surface area contributed by atoms with E-state index >= 15 is 0 Å². The Morgan fingerprint density at radius 3 is 1.47 bits per heavy atom. The molecule has 4 aromatic rings. The number of methoxy groups -OCH3 is 1. The number of carbonyl (C=O) groups is 2. The SMILES string of the molecule is COC(=O)c1ccc(-c2nc(C3CCC(CO)CC3)cnc2N)cc1F.Nc1ncc(C2CCC(CO)CC2)nc1-c1ccc(C(=O)O)c(F)c1.[Li+].[OH-]. The third kappa shape index (κ3) is 10.3. The smallest absolute Gasteiger partial charge is 0.870 e. The van der Waals surface area contributed by atoms with Crippen LogP contribution in [0.4, 0.5) is 20.4 Å². The van der Waals surface area contributed by atoms with Gasteiger partial charge in [0.1, 0.15) is 34.7 Å². The van der Waals surface area contributed by atoms with Crippen LogP contribution in [0.1, 0.15) is 95.3 Å². The van der Waals surface area contributed by atoms with E-state index in [0.29, 0.717) is 34.4 Å². The minimum atomic E-state index is -1.32. The number of aromatic nitrogens is 4. The molecule has 0 radical (unpaired) electrons. The molecule has 0 amide bonds. The summed E-state index contributed by atoms with van der Waals surface area (Å²) in [6.45, 7) is 0.428. The number of aliphatic hydroxyl groups is 2. The number of carboxylic acid groups (broad SMARTS) is 1. The number of rotatable bonds is 8. The van der Waals surface area contributed by atoms with Gasteiger partial charge < -0.3 is 37.0 Å². The largest absolute Gasteiger partial charge is 1.00 e. The first-order chi connectivity index (χ1) is 24.5. The fraction of sp³-hybridized carbons (Fsp3) is 0.405. The van der Waals surface area contributed by atoms with Gasteiger partial charge in [0.05, 0.1) is 42.0 Å². The number of aliphatic hydroxyl groups excluding tert-OH is 2. The first-order valence-corrected chi connectivity index (χ1v) is 16.9. The van der Waals surface area contributed by atoms with Gasteiger partial charge in [-0.2, -0.15) is 0 Å². The zero-order valence-corrected chi connectivity index (χ0v) is 29.7. The molecule has 2 heterocycles. The number of hydrogen-bond acceptors (Lipinski definition) is 12. The van der Waals surface area contributed by atoms with Gasteiger partial charge >= 0.3 is 30.8 Å². The minimum absolute atomic E-state index is 0. The second kappa shape index (κ2) is 19.5. The Kier molecular flexibility index (Phi) is 15.8. The van der Waals surface area contributed by atoms with Crippen molar-refractivity contribution < 1.29 is 62.8 Å². The Morgan fingerprint density at radius 2 is 1.13 bits per heavy atom. The van der Waals surface area contributed by atoms with E-state index in [4.69, 9.17) is 16.6 Å². The van der Waals surface area contributed by atoms with Crippen LogP contribution >= 0.6 is 0 Å². The standard InChI is InChI=1S/C19H22FN3O3.C18H20FN3O3.Li.H2O/c1-26-19(25)14-7-6-13(8-15(14)20)17-18(21)22-9-16(23-17)12-4-2-11(10-24)3-5-12;19-14-7-12(5-6-13(14)18(24)25)16-17(20)21-8-15(22-16)11-3-1-10(9-23)2-4-11;;/h6-9,11-12,24H,2-5,10H2,1H3,(H2,21,22);5-8,10-11,23H,1-4,9H2,(H2,20,21)(H,24,25);;1H2/q;;+1;/p-1. The zero-order chi connectivity index (χ0) is 36.7. The van der Waals surface area contributed by atoms with E-state index in [9.17, 15) is 28.6 Å². The van der Waals surface area contributed by atoms with Crippen molar-refractivity contribution in [2.24, 2.45) is 11.8 Å². The summed E-state index contributed by atoms with van der Waals surface area (Å²) in [5.74, 6) is -2.01. The molecule has 0 saturated heterocycles. The average Bonchev–Trinajstić information content (AvgIpc) is 3.15. The van der Waals surface area contributed by atoms with Crippen molar-refractivity contribution in [3.63, 3.8) is 0 Å². The summed E-state index contributed by atoms with van der Waals surface area (Å²) in [6.07, 6.45) is 10.8. The number of carbonyl (C=O) groups excluding carboxylic acids is 1. The van der Waals surface area contributed by atoms with Crippen molar-refractivity contribution in [1.29, 1.82) is 0 Å². The predicted octanol–water partition coefficient (Wildman–Crippen LogP) is 2.57. The van der Waals surface area contributed by atoms with E-state index in [0.717, 1.165) is 68.8 Å².